The van der Waals surface area contributed by atoms with Gasteiger partial charge in [0.05, 0.1) is 5.60 Å². The molecule has 1 saturated carbocycles. The van der Waals surface area contributed by atoms with Crippen LogP contribution < -0.4 is 0 Å². The summed E-state index contributed by atoms with van der Waals surface area (Å²) in [5.41, 5.74) is -0.365. The first kappa shape index (κ1) is 12.4. The van der Waals surface area contributed by atoms with Crippen LogP contribution in [0.1, 0.15) is 59.3 Å². The topological polar surface area (TPSA) is 23.5 Å². The summed E-state index contributed by atoms with van der Waals surface area (Å²) in [4.78, 5) is 2.63. The van der Waals surface area contributed by atoms with Crippen molar-refractivity contribution in [2.24, 2.45) is 5.92 Å². The van der Waals surface area contributed by atoms with E-state index >= 15 is 0 Å². The molecular formula is C14H27NO. The van der Waals surface area contributed by atoms with Crippen molar-refractivity contribution in [2.75, 3.05) is 6.54 Å². The Labute approximate surface area is 100 Å². The molecule has 0 aromatic rings. The van der Waals surface area contributed by atoms with E-state index in [0.29, 0.717) is 18.0 Å². The van der Waals surface area contributed by atoms with Crippen molar-refractivity contribution in [2.45, 2.75) is 77.0 Å². The highest BCUT2D eigenvalue weighted by molar-refractivity contribution is 5.00. The Morgan fingerprint density at radius 3 is 2.62 bits per heavy atom. The first-order chi connectivity index (χ1) is 7.58. The number of rotatable bonds is 2. The van der Waals surface area contributed by atoms with Gasteiger partial charge in [-0.25, -0.2) is 0 Å². The smallest absolute Gasteiger partial charge is 0.0700 e. The highest BCUT2D eigenvalue weighted by atomic mass is 16.3. The highest BCUT2D eigenvalue weighted by Crippen LogP contribution is 2.43. The fraction of sp³-hybridized carbons (Fsp3) is 1.00. The lowest BCUT2D eigenvalue weighted by molar-refractivity contribution is -0.123. The largest absolute Gasteiger partial charge is 0.390 e. The molecule has 3 atom stereocenters. The molecule has 0 bridgehead atoms. The summed E-state index contributed by atoms with van der Waals surface area (Å²) in [5.74, 6) is 0.530. The van der Waals surface area contributed by atoms with Gasteiger partial charge in [-0.15, -0.1) is 0 Å². The van der Waals surface area contributed by atoms with Crippen LogP contribution in [0.3, 0.4) is 0 Å². The van der Waals surface area contributed by atoms with E-state index in [0.717, 1.165) is 19.4 Å². The van der Waals surface area contributed by atoms with E-state index in [4.69, 9.17) is 0 Å². The Morgan fingerprint density at radius 1 is 1.31 bits per heavy atom. The van der Waals surface area contributed by atoms with Crippen molar-refractivity contribution in [3.8, 4) is 0 Å². The number of piperidine rings is 1. The summed E-state index contributed by atoms with van der Waals surface area (Å²) in [5, 5.41) is 10.7. The molecule has 1 aliphatic heterocycles. The van der Waals surface area contributed by atoms with Gasteiger partial charge in [0, 0.05) is 24.5 Å². The molecule has 2 fully saturated rings. The van der Waals surface area contributed by atoms with Crippen LogP contribution in [-0.4, -0.2) is 34.2 Å². The maximum absolute atomic E-state index is 10.7. The molecule has 94 valence electrons. The average Bonchev–Trinajstić information content (AvgIpc) is 2.29. The standard InChI is InChI=1S/C14H27NO/c1-4-14(16)9-10-15(11(2)3)13-8-6-5-7-12(13)14/h11-13,16H,4-10H2,1-3H3. The molecule has 2 nitrogen and oxygen atoms in total. The van der Waals surface area contributed by atoms with E-state index < -0.39 is 0 Å². The SMILES string of the molecule is CCC1(O)CCN(C(C)C)C2CCCCC21. The summed E-state index contributed by atoms with van der Waals surface area (Å²) >= 11 is 0. The van der Waals surface area contributed by atoms with E-state index in [1.807, 2.05) is 0 Å². The van der Waals surface area contributed by atoms with Crippen molar-refractivity contribution >= 4 is 0 Å². The molecule has 0 spiro atoms. The Kier molecular flexibility index (Phi) is 3.60. The minimum Gasteiger partial charge on any atom is -0.390 e. The van der Waals surface area contributed by atoms with Gasteiger partial charge in [0.25, 0.3) is 0 Å². The minimum absolute atomic E-state index is 0.365. The highest BCUT2D eigenvalue weighted by Gasteiger charge is 2.47. The van der Waals surface area contributed by atoms with Gasteiger partial charge >= 0.3 is 0 Å². The summed E-state index contributed by atoms with van der Waals surface area (Å²) < 4.78 is 0. The number of hydrogen-bond acceptors (Lipinski definition) is 2. The molecule has 1 saturated heterocycles. The van der Waals surface area contributed by atoms with E-state index in [9.17, 15) is 5.11 Å². The molecule has 2 heteroatoms. The van der Waals surface area contributed by atoms with E-state index in [1.165, 1.54) is 25.7 Å². The van der Waals surface area contributed by atoms with Gasteiger partial charge in [-0.3, -0.25) is 4.90 Å². The second kappa shape index (κ2) is 4.66. The summed E-state index contributed by atoms with van der Waals surface area (Å²) in [6.45, 7) is 7.82. The van der Waals surface area contributed by atoms with Crippen LogP contribution in [0.2, 0.25) is 0 Å². The second-order valence-corrected chi connectivity index (χ2v) is 6.00. The monoisotopic (exact) mass is 225 g/mol. The minimum atomic E-state index is -0.365. The summed E-state index contributed by atoms with van der Waals surface area (Å²) in [7, 11) is 0. The first-order valence-electron chi connectivity index (χ1n) is 7.06. The Hall–Kier alpha value is -0.0800. The van der Waals surface area contributed by atoms with E-state index in [-0.39, 0.29) is 5.60 Å². The number of likely N-dealkylation sites (tertiary alicyclic amines) is 1. The molecule has 0 radical (unpaired) electrons. The maximum Gasteiger partial charge on any atom is 0.0700 e. The fourth-order valence-corrected chi connectivity index (χ4v) is 3.89. The molecule has 1 heterocycles. The molecule has 1 N–H and O–H groups in total. The Bertz CT molecular complexity index is 241. The fourth-order valence-electron chi connectivity index (χ4n) is 3.89. The third-order valence-corrected chi connectivity index (χ3v) is 4.92. The van der Waals surface area contributed by atoms with Gasteiger partial charge in [0.15, 0.2) is 0 Å². The molecule has 0 amide bonds. The maximum atomic E-state index is 10.7. The molecule has 2 aliphatic rings. The number of nitrogens with zero attached hydrogens (tertiary/aromatic N) is 1. The zero-order valence-corrected chi connectivity index (χ0v) is 11.1. The lowest BCUT2D eigenvalue weighted by Gasteiger charge is -2.53. The molecule has 2 rings (SSSR count). The second-order valence-electron chi connectivity index (χ2n) is 6.00. The lowest BCUT2D eigenvalue weighted by atomic mass is 9.67. The van der Waals surface area contributed by atoms with Crippen molar-refractivity contribution in [3.05, 3.63) is 0 Å². The van der Waals surface area contributed by atoms with Crippen LogP contribution >= 0.6 is 0 Å². The van der Waals surface area contributed by atoms with Crippen LogP contribution in [0.4, 0.5) is 0 Å². The van der Waals surface area contributed by atoms with Crippen LogP contribution in [0.5, 0.6) is 0 Å². The van der Waals surface area contributed by atoms with Crippen LogP contribution in [0, 0.1) is 5.92 Å². The zero-order chi connectivity index (χ0) is 11.8. The molecule has 16 heavy (non-hydrogen) atoms. The van der Waals surface area contributed by atoms with Gasteiger partial charge in [0.1, 0.15) is 0 Å². The van der Waals surface area contributed by atoms with Crippen molar-refractivity contribution in [1.82, 2.24) is 4.90 Å². The predicted molar refractivity (Wildman–Crippen MR) is 67.4 cm³/mol. The molecular weight excluding hydrogens is 198 g/mol. The van der Waals surface area contributed by atoms with Crippen molar-refractivity contribution < 1.29 is 5.11 Å². The molecule has 0 aromatic heterocycles. The van der Waals surface area contributed by atoms with Crippen molar-refractivity contribution in [3.63, 3.8) is 0 Å². The van der Waals surface area contributed by atoms with Crippen LogP contribution in [0.15, 0.2) is 0 Å². The quantitative estimate of drug-likeness (QED) is 0.781. The van der Waals surface area contributed by atoms with Gasteiger partial charge < -0.3 is 5.11 Å². The van der Waals surface area contributed by atoms with Gasteiger partial charge in [0.2, 0.25) is 0 Å². The first-order valence-corrected chi connectivity index (χ1v) is 7.06. The molecule has 1 aliphatic carbocycles. The average molecular weight is 225 g/mol. The zero-order valence-electron chi connectivity index (χ0n) is 11.1. The third kappa shape index (κ3) is 2.02. The van der Waals surface area contributed by atoms with Gasteiger partial charge in [-0.1, -0.05) is 19.8 Å². The number of fused-ring (bicyclic) bond motifs is 1. The molecule has 3 unspecified atom stereocenters. The predicted octanol–water partition coefficient (Wildman–Crippen LogP) is 2.80. The Morgan fingerprint density at radius 2 is 2.00 bits per heavy atom. The summed E-state index contributed by atoms with van der Waals surface area (Å²) in [6, 6.07) is 1.28. The third-order valence-electron chi connectivity index (χ3n) is 4.92. The lowest BCUT2D eigenvalue weighted by Crippen LogP contribution is -2.60. The van der Waals surface area contributed by atoms with Crippen molar-refractivity contribution in [1.29, 1.82) is 0 Å². The molecule has 0 aromatic carbocycles. The Balaban J connectivity index is 2.18. The van der Waals surface area contributed by atoms with Crippen LogP contribution in [-0.2, 0) is 0 Å². The van der Waals surface area contributed by atoms with Gasteiger partial charge in [-0.2, -0.15) is 0 Å². The number of hydrogen-bond donors (Lipinski definition) is 1. The normalized spacial score (nSPS) is 41.1. The van der Waals surface area contributed by atoms with Gasteiger partial charge in [-0.05, 0) is 39.5 Å². The van der Waals surface area contributed by atoms with E-state index in [1.54, 1.807) is 0 Å². The summed E-state index contributed by atoms with van der Waals surface area (Å²) in [6.07, 6.45) is 7.10. The van der Waals surface area contributed by atoms with Crippen LogP contribution in [0.25, 0.3) is 0 Å². The number of aliphatic hydroxyl groups is 1. The van der Waals surface area contributed by atoms with E-state index in [2.05, 4.69) is 25.7 Å².